The van der Waals surface area contributed by atoms with Crippen LogP contribution in [0.2, 0.25) is 0 Å². The number of amidine groups is 2. The molecule has 4 N–H and O–H groups in total. The van der Waals surface area contributed by atoms with Gasteiger partial charge in [0.25, 0.3) is 0 Å². The van der Waals surface area contributed by atoms with Crippen LogP contribution in [0.4, 0.5) is 11.4 Å². The van der Waals surface area contributed by atoms with Gasteiger partial charge in [-0.1, -0.05) is 0 Å². The average molecular weight is 403 g/mol. The highest BCUT2D eigenvalue weighted by Crippen LogP contribution is 2.26. The molecule has 1 heterocycles. The second kappa shape index (κ2) is 8.01. The highest BCUT2D eigenvalue weighted by molar-refractivity contribution is 5.98. The van der Waals surface area contributed by atoms with Gasteiger partial charge in [-0.3, -0.25) is 9.98 Å². The number of benzene rings is 2. The summed E-state index contributed by atoms with van der Waals surface area (Å²) in [6, 6.07) is 17.9. The normalized spacial score (nSPS) is 20.5. The van der Waals surface area contributed by atoms with Crippen molar-refractivity contribution in [3.63, 3.8) is 0 Å². The predicted molar refractivity (Wildman–Crippen MR) is 125 cm³/mol. The highest BCUT2D eigenvalue weighted by atomic mass is 15.3. The summed E-state index contributed by atoms with van der Waals surface area (Å²) in [4.78, 5) is 13.9. The van der Waals surface area contributed by atoms with Crippen molar-refractivity contribution >= 4 is 23.0 Å². The van der Waals surface area contributed by atoms with Crippen molar-refractivity contribution in [3.05, 3.63) is 59.7 Å². The summed E-state index contributed by atoms with van der Waals surface area (Å²) in [6.45, 7) is 3.99. The zero-order valence-corrected chi connectivity index (χ0v) is 17.4. The third-order valence-electron chi connectivity index (χ3n) is 6.07. The van der Waals surface area contributed by atoms with Crippen LogP contribution in [0.1, 0.15) is 36.8 Å². The van der Waals surface area contributed by atoms with Crippen LogP contribution < -0.4 is 21.3 Å². The minimum Gasteiger partial charge on any atom is -0.383 e. The van der Waals surface area contributed by atoms with E-state index in [4.69, 9.17) is 11.5 Å². The lowest BCUT2D eigenvalue weighted by Crippen LogP contribution is -2.46. The topological polar surface area (TPSA) is 83.2 Å². The minimum atomic E-state index is 0.453. The van der Waals surface area contributed by atoms with E-state index in [2.05, 4.69) is 68.3 Å². The zero-order valence-electron chi connectivity index (χ0n) is 17.4. The summed E-state index contributed by atoms with van der Waals surface area (Å²) >= 11 is 0. The average Bonchev–Trinajstić information content (AvgIpc) is 3.72. The largest absolute Gasteiger partial charge is 0.383 e. The van der Waals surface area contributed by atoms with Crippen molar-refractivity contribution in [3.8, 4) is 0 Å². The molecule has 0 bridgehead atoms. The van der Waals surface area contributed by atoms with Crippen molar-refractivity contribution < 1.29 is 0 Å². The van der Waals surface area contributed by atoms with Crippen LogP contribution in [0.15, 0.2) is 58.5 Å². The third kappa shape index (κ3) is 4.42. The Balaban J connectivity index is 1.18. The van der Waals surface area contributed by atoms with Crippen LogP contribution in [0, 0.1) is 0 Å². The van der Waals surface area contributed by atoms with Crippen molar-refractivity contribution in [2.24, 2.45) is 21.5 Å². The number of rotatable bonds is 6. The number of nitrogens with zero attached hydrogens (tertiary/aromatic N) is 4. The molecular weight excluding hydrogens is 372 g/mol. The molecule has 1 saturated heterocycles. The number of aliphatic imine (C=N–C) groups is 2. The fourth-order valence-corrected chi connectivity index (χ4v) is 3.86. The summed E-state index contributed by atoms with van der Waals surface area (Å²) in [7, 11) is 0. The Morgan fingerprint density at radius 1 is 0.600 bits per heavy atom. The summed E-state index contributed by atoms with van der Waals surface area (Å²) in [5.74, 6) is 1.33. The molecule has 2 aliphatic carbocycles. The van der Waals surface area contributed by atoms with Gasteiger partial charge in [0.1, 0.15) is 11.7 Å². The molecule has 0 atom stereocenters. The van der Waals surface area contributed by atoms with Crippen LogP contribution in [0.25, 0.3) is 0 Å². The van der Waals surface area contributed by atoms with Gasteiger partial charge in [-0.2, -0.15) is 0 Å². The second-order valence-electron chi connectivity index (χ2n) is 8.56. The fraction of sp³-hybridized carbons (Fsp3) is 0.417. The Bertz CT molecular complexity index is 851. The van der Waals surface area contributed by atoms with Gasteiger partial charge in [0.05, 0.1) is 12.1 Å². The molecular formula is C24H30N6. The minimum absolute atomic E-state index is 0.453. The van der Waals surface area contributed by atoms with Gasteiger partial charge >= 0.3 is 0 Å². The maximum atomic E-state index is 6.12. The maximum Gasteiger partial charge on any atom is 0.125 e. The molecule has 1 aliphatic heterocycles. The van der Waals surface area contributed by atoms with Crippen LogP contribution in [0.3, 0.4) is 0 Å². The number of hydrogen-bond acceptors (Lipinski definition) is 4. The lowest BCUT2D eigenvalue weighted by atomic mass is 10.1. The standard InChI is InChI=1S/C24H30N6/c25-23(27-19-5-6-19)17-1-9-21(10-2-17)29-13-15-30(16-14-29)22-11-3-18(4-12-22)24(26)28-20-7-8-20/h1-4,9-12,19-20H,5-8,13-16H2,(H2,25,27)(H2,26,28). The van der Waals surface area contributed by atoms with Crippen molar-refractivity contribution in [2.75, 3.05) is 36.0 Å². The van der Waals surface area contributed by atoms with Crippen LogP contribution in [-0.2, 0) is 0 Å². The molecule has 2 aromatic rings. The molecule has 2 aromatic carbocycles. The summed E-state index contributed by atoms with van der Waals surface area (Å²) in [5.41, 5.74) is 16.8. The molecule has 0 radical (unpaired) electrons. The monoisotopic (exact) mass is 402 g/mol. The molecule has 0 aromatic heterocycles. The van der Waals surface area contributed by atoms with E-state index in [0.29, 0.717) is 23.8 Å². The summed E-state index contributed by atoms with van der Waals surface area (Å²) < 4.78 is 0. The van der Waals surface area contributed by atoms with Gasteiger partial charge in [0, 0.05) is 48.7 Å². The van der Waals surface area contributed by atoms with Crippen LogP contribution in [-0.4, -0.2) is 49.9 Å². The smallest absolute Gasteiger partial charge is 0.125 e. The Hall–Kier alpha value is -3.02. The van der Waals surface area contributed by atoms with E-state index >= 15 is 0 Å². The number of piperazine rings is 1. The van der Waals surface area contributed by atoms with Gasteiger partial charge in [-0.05, 0) is 74.2 Å². The number of hydrogen-bond donors (Lipinski definition) is 2. The first-order chi connectivity index (χ1) is 14.7. The van der Waals surface area contributed by atoms with Gasteiger partial charge in [0.15, 0.2) is 0 Å². The van der Waals surface area contributed by atoms with Gasteiger partial charge in [-0.15, -0.1) is 0 Å². The molecule has 30 heavy (non-hydrogen) atoms. The van der Waals surface area contributed by atoms with Crippen molar-refractivity contribution in [2.45, 2.75) is 37.8 Å². The van der Waals surface area contributed by atoms with E-state index in [9.17, 15) is 0 Å². The maximum absolute atomic E-state index is 6.12. The molecule has 3 aliphatic rings. The molecule has 0 unspecified atom stereocenters. The van der Waals surface area contributed by atoms with E-state index in [1.54, 1.807) is 0 Å². The number of nitrogens with two attached hydrogens (primary N) is 2. The molecule has 0 amide bonds. The van der Waals surface area contributed by atoms with Crippen molar-refractivity contribution in [1.29, 1.82) is 0 Å². The first kappa shape index (κ1) is 19.0. The summed E-state index contributed by atoms with van der Waals surface area (Å²) in [6.07, 6.45) is 4.70. The SMILES string of the molecule is NC(=NC1CC1)c1ccc(N2CCN(c3ccc(C(N)=NC4CC4)cc3)CC2)cc1. The Kier molecular flexibility index (Phi) is 5.07. The van der Waals surface area contributed by atoms with E-state index in [1.165, 1.54) is 37.1 Å². The Morgan fingerprint density at radius 3 is 1.23 bits per heavy atom. The molecule has 0 spiro atoms. The Labute approximate surface area is 178 Å². The van der Waals surface area contributed by atoms with Crippen LogP contribution in [0.5, 0.6) is 0 Å². The second-order valence-corrected chi connectivity index (χ2v) is 8.56. The lowest BCUT2D eigenvalue weighted by Gasteiger charge is -2.37. The van der Waals surface area contributed by atoms with Gasteiger partial charge < -0.3 is 21.3 Å². The lowest BCUT2D eigenvalue weighted by molar-refractivity contribution is 0.653. The fourth-order valence-electron chi connectivity index (χ4n) is 3.86. The molecule has 5 rings (SSSR count). The van der Waals surface area contributed by atoms with E-state index < -0.39 is 0 Å². The van der Waals surface area contributed by atoms with E-state index in [-0.39, 0.29) is 0 Å². The quantitative estimate of drug-likeness (QED) is 0.575. The van der Waals surface area contributed by atoms with Gasteiger partial charge in [0.2, 0.25) is 0 Å². The number of anilines is 2. The molecule has 6 heteroatoms. The zero-order chi connectivity index (χ0) is 20.5. The molecule has 3 fully saturated rings. The van der Waals surface area contributed by atoms with Gasteiger partial charge in [-0.25, -0.2) is 0 Å². The van der Waals surface area contributed by atoms with E-state index in [1.807, 2.05) is 0 Å². The van der Waals surface area contributed by atoms with Crippen LogP contribution >= 0.6 is 0 Å². The van der Waals surface area contributed by atoms with E-state index in [0.717, 1.165) is 37.3 Å². The first-order valence-corrected chi connectivity index (χ1v) is 11.0. The highest BCUT2D eigenvalue weighted by Gasteiger charge is 2.22. The first-order valence-electron chi connectivity index (χ1n) is 11.0. The molecule has 2 saturated carbocycles. The Morgan fingerprint density at radius 2 is 0.933 bits per heavy atom. The van der Waals surface area contributed by atoms with Crippen molar-refractivity contribution in [1.82, 2.24) is 0 Å². The summed E-state index contributed by atoms with van der Waals surface area (Å²) in [5, 5.41) is 0. The predicted octanol–water partition coefficient (Wildman–Crippen LogP) is 2.75. The third-order valence-corrected chi connectivity index (χ3v) is 6.07. The molecule has 156 valence electrons. The molecule has 6 nitrogen and oxygen atoms in total.